The summed E-state index contributed by atoms with van der Waals surface area (Å²) in [6.45, 7) is 10.9. The number of rotatable bonds is 5. The monoisotopic (exact) mass is 234 g/mol. The molecule has 96 valence electrons. The third-order valence-electron chi connectivity index (χ3n) is 3.55. The predicted molar refractivity (Wildman–Crippen MR) is 75.4 cm³/mol. The molecule has 0 saturated carbocycles. The Morgan fingerprint density at radius 1 is 1.24 bits per heavy atom. The van der Waals surface area contributed by atoms with Crippen LogP contribution in [-0.2, 0) is 6.54 Å². The lowest BCUT2D eigenvalue weighted by Crippen LogP contribution is -2.47. The van der Waals surface area contributed by atoms with Crippen molar-refractivity contribution >= 4 is 0 Å². The fraction of sp³-hybridized carbons (Fsp3) is 0.600. The molecular formula is C15H26N2. The van der Waals surface area contributed by atoms with Gasteiger partial charge in [-0.25, -0.2) is 0 Å². The van der Waals surface area contributed by atoms with Gasteiger partial charge in [-0.2, -0.15) is 0 Å². The van der Waals surface area contributed by atoms with Crippen LogP contribution in [0, 0.1) is 13.8 Å². The zero-order chi connectivity index (χ0) is 13.1. The lowest BCUT2D eigenvalue weighted by Gasteiger charge is -2.36. The van der Waals surface area contributed by atoms with E-state index < -0.39 is 0 Å². The fourth-order valence-electron chi connectivity index (χ4n) is 2.01. The summed E-state index contributed by atoms with van der Waals surface area (Å²) in [5.41, 5.74) is 4.31. The third-order valence-corrected chi connectivity index (χ3v) is 3.55. The fourth-order valence-corrected chi connectivity index (χ4v) is 2.01. The van der Waals surface area contributed by atoms with Gasteiger partial charge in [-0.1, -0.05) is 23.8 Å². The number of hydrogen-bond acceptors (Lipinski definition) is 2. The molecule has 0 spiro atoms. The van der Waals surface area contributed by atoms with Crippen molar-refractivity contribution in [2.75, 3.05) is 20.6 Å². The van der Waals surface area contributed by atoms with E-state index in [4.69, 9.17) is 0 Å². The molecule has 0 aliphatic heterocycles. The summed E-state index contributed by atoms with van der Waals surface area (Å²) in [5, 5.41) is 3.26. The molecule has 0 heterocycles. The van der Waals surface area contributed by atoms with Gasteiger partial charge in [0.25, 0.3) is 0 Å². The van der Waals surface area contributed by atoms with Crippen LogP contribution in [0.2, 0.25) is 0 Å². The Labute approximate surface area is 106 Å². The summed E-state index contributed by atoms with van der Waals surface area (Å²) >= 11 is 0. The molecule has 0 aliphatic carbocycles. The van der Waals surface area contributed by atoms with Crippen LogP contribution >= 0.6 is 0 Å². The summed E-state index contributed by atoms with van der Waals surface area (Å²) in [7, 11) is 4.20. The van der Waals surface area contributed by atoms with Crippen LogP contribution in [0.15, 0.2) is 18.2 Å². The lowest BCUT2D eigenvalue weighted by molar-refractivity contribution is 0.147. The number of nitrogens with zero attached hydrogens (tertiary/aromatic N) is 1. The molecule has 0 radical (unpaired) electrons. The maximum Gasteiger partial charge on any atom is 0.0278 e. The normalized spacial score (nSPS) is 12.2. The van der Waals surface area contributed by atoms with Crippen molar-refractivity contribution in [3.8, 4) is 0 Å². The number of aryl methyl sites for hydroxylation is 2. The maximum atomic E-state index is 3.26. The van der Waals surface area contributed by atoms with Crippen LogP contribution in [0.4, 0.5) is 0 Å². The lowest BCUT2D eigenvalue weighted by atomic mass is 10.00. The highest BCUT2D eigenvalue weighted by Gasteiger charge is 2.22. The Kier molecular flexibility index (Phi) is 4.72. The minimum Gasteiger partial charge on any atom is -0.318 e. The van der Waals surface area contributed by atoms with Gasteiger partial charge in [0.1, 0.15) is 0 Å². The molecule has 0 atom stereocenters. The third kappa shape index (κ3) is 3.83. The Morgan fingerprint density at radius 2 is 1.88 bits per heavy atom. The van der Waals surface area contributed by atoms with Crippen LogP contribution in [-0.4, -0.2) is 31.1 Å². The molecule has 0 amide bonds. The number of hydrogen-bond donors (Lipinski definition) is 1. The van der Waals surface area contributed by atoms with Gasteiger partial charge in [-0.15, -0.1) is 0 Å². The van der Waals surface area contributed by atoms with E-state index in [2.05, 4.69) is 63.2 Å². The van der Waals surface area contributed by atoms with E-state index in [9.17, 15) is 0 Å². The van der Waals surface area contributed by atoms with E-state index in [1.807, 2.05) is 7.05 Å². The summed E-state index contributed by atoms with van der Waals surface area (Å²) in [6.07, 6.45) is 0. The minimum atomic E-state index is 0.172. The van der Waals surface area contributed by atoms with Crippen molar-refractivity contribution in [1.29, 1.82) is 0 Å². The quantitative estimate of drug-likeness (QED) is 0.843. The predicted octanol–water partition coefficient (Wildman–Crippen LogP) is 2.73. The molecule has 2 heteroatoms. The Balaban J connectivity index is 2.80. The smallest absolute Gasteiger partial charge is 0.0278 e. The standard InChI is InChI=1S/C15H26N2/c1-12-7-8-13(2)14(9-12)10-17(6)15(3,4)11-16-5/h7-9,16H,10-11H2,1-6H3. The molecule has 0 aromatic heterocycles. The summed E-state index contributed by atoms with van der Waals surface area (Å²) in [4.78, 5) is 2.41. The van der Waals surface area contributed by atoms with Crippen LogP contribution in [0.25, 0.3) is 0 Å². The first-order chi connectivity index (χ1) is 7.86. The van der Waals surface area contributed by atoms with Crippen molar-refractivity contribution in [3.63, 3.8) is 0 Å². The Bertz CT molecular complexity index is 369. The van der Waals surface area contributed by atoms with Gasteiger partial charge in [0.2, 0.25) is 0 Å². The SMILES string of the molecule is CNCC(C)(C)N(C)Cc1cc(C)ccc1C. The molecule has 1 aromatic carbocycles. The Hall–Kier alpha value is -0.860. The summed E-state index contributed by atoms with van der Waals surface area (Å²) in [5.74, 6) is 0. The molecule has 0 bridgehead atoms. The topological polar surface area (TPSA) is 15.3 Å². The number of benzene rings is 1. The molecular weight excluding hydrogens is 208 g/mol. The van der Waals surface area contributed by atoms with Crippen LogP contribution in [0.5, 0.6) is 0 Å². The summed E-state index contributed by atoms with van der Waals surface area (Å²) < 4.78 is 0. The first-order valence-corrected chi connectivity index (χ1v) is 6.29. The summed E-state index contributed by atoms with van der Waals surface area (Å²) in [6, 6.07) is 6.68. The average molecular weight is 234 g/mol. The molecule has 0 saturated heterocycles. The van der Waals surface area contributed by atoms with Gasteiger partial charge < -0.3 is 5.32 Å². The minimum absolute atomic E-state index is 0.172. The van der Waals surface area contributed by atoms with Gasteiger partial charge in [-0.05, 0) is 52.9 Å². The van der Waals surface area contributed by atoms with Crippen molar-refractivity contribution in [2.24, 2.45) is 0 Å². The molecule has 1 rings (SSSR count). The highest BCUT2D eigenvalue weighted by Crippen LogP contribution is 2.18. The number of nitrogens with one attached hydrogen (secondary N) is 1. The molecule has 0 unspecified atom stereocenters. The molecule has 1 N–H and O–H groups in total. The van der Waals surface area contributed by atoms with Crippen molar-refractivity contribution < 1.29 is 0 Å². The highest BCUT2D eigenvalue weighted by atomic mass is 15.2. The molecule has 17 heavy (non-hydrogen) atoms. The van der Waals surface area contributed by atoms with E-state index in [-0.39, 0.29) is 5.54 Å². The Morgan fingerprint density at radius 3 is 2.47 bits per heavy atom. The molecule has 1 aromatic rings. The second kappa shape index (κ2) is 5.65. The van der Waals surface area contributed by atoms with E-state index in [0.717, 1.165) is 13.1 Å². The highest BCUT2D eigenvalue weighted by molar-refractivity contribution is 5.30. The second-order valence-corrected chi connectivity index (χ2v) is 5.63. The molecule has 2 nitrogen and oxygen atoms in total. The van der Waals surface area contributed by atoms with Crippen LogP contribution in [0.1, 0.15) is 30.5 Å². The second-order valence-electron chi connectivity index (χ2n) is 5.63. The van der Waals surface area contributed by atoms with Crippen LogP contribution < -0.4 is 5.32 Å². The van der Waals surface area contributed by atoms with Gasteiger partial charge in [0.15, 0.2) is 0 Å². The van der Waals surface area contributed by atoms with Crippen molar-refractivity contribution in [1.82, 2.24) is 10.2 Å². The number of likely N-dealkylation sites (N-methyl/N-ethyl adjacent to an activating group) is 2. The van der Waals surface area contributed by atoms with E-state index in [0.29, 0.717) is 0 Å². The first-order valence-electron chi connectivity index (χ1n) is 6.29. The van der Waals surface area contributed by atoms with E-state index in [1.165, 1.54) is 16.7 Å². The largest absolute Gasteiger partial charge is 0.318 e. The van der Waals surface area contributed by atoms with Gasteiger partial charge in [-0.3, -0.25) is 4.90 Å². The van der Waals surface area contributed by atoms with Gasteiger partial charge in [0.05, 0.1) is 0 Å². The first kappa shape index (κ1) is 14.2. The van der Waals surface area contributed by atoms with Crippen LogP contribution in [0.3, 0.4) is 0 Å². The van der Waals surface area contributed by atoms with Gasteiger partial charge >= 0.3 is 0 Å². The average Bonchev–Trinajstić information content (AvgIpc) is 2.23. The molecule has 0 aliphatic rings. The van der Waals surface area contributed by atoms with Crippen molar-refractivity contribution in [3.05, 3.63) is 34.9 Å². The van der Waals surface area contributed by atoms with Crippen molar-refractivity contribution in [2.45, 2.75) is 39.8 Å². The zero-order valence-electron chi connectivity index (χ0n) is 12.1. The maximum absolute atomic E-state index is 3.26. The molecule has 0 fully saturated rings. The van der Waals surface area contributed by atoms with Gasteiger partial charge in [0, 0.05) is 18.6 Å². The van der Waals surface area contributed by atoms with E-state index >= 15 is 0 Å². The van der Waals surface area contributed by atoms with E-state index in [1.54, 1.807) is 0 Å². The zero-order valence-corrected chi connectivity index (χ0v) is 12.1.